The van der Waals surface area contributed by atoms with E-state index in [1.54, 1.807) is 0 Å². The zero-order chi connectivity index (χ0) is 14.8. The van der Waals surface area contributed by atoms with Crippen molar-refractivity contribution >= 4 is 6.09 Å². The molecule has 3 atom stereocenters. The van der Waals surface area contributed by atoms with Crippen molar-refractivity contribution in [2.45, 2.75) is 38.8 Å². The van der Waals surface area contributed by atoms with Crippen LogP contribution in [-0.4, -0.2) is 18.2 Å². The standard InChI is InChI=1S/C16H24N2O2/c1-16(2,3)20-15(19)18-14(13-9-12(13)10-17)11-7-5-4-6-8-11/h4-8,12-14H,9-10,17H2,1-3H3,(H,18,19). The van der Waals surface area contributed by atoms with Gasteiger partial charge in [0.25, 0.3) is 0 Å². The molecule has 0 aromatic heterocycles. The summed E-state index contributed by atoms with van der Waals surface area (Å²) in [5.41, 5.74) is 6.36. The molecule has 20 heavy (non-hydrogen) atoms. The molecule has 3 unspecified atom stereocenters. The number of nitrogens with two attached hydrogens (primary N) is 1. The number of amides is 1. The van der Waals surface area contributed by atoms with Crippen LogP contribution in [0.2, 0.25) is 0 Å². The van der Waals surface area contributed by atoms with Crippen molar-refractivity contribution in [3.63, 3.8) is 0 Å². The monoisotopic (exact) mass is 276 g/mol. The minimum atomic E-state index is -0.484. The van der Waals surface area contributed by atoms with Crippen LogP contribution in [0.15, 0.2) is 30.3 Å². The molecule has 3 N–H and O–H groups in total. The van der Waals surface area contributed by atoms with Crippen molar-refractivity contribution in [1.82, 2.24) is 5.32 Å². The number of hydrogen-bond donors (Lipinski definition) is 2. The first-order chi connectivity index (χ1) is 9.40. The summed E-state index contributed by atoms with van der Waals surface area (Å²) in [5, 5.41) is 3.00. The number of carbonyl (C=O) groups is 1. The van der Waals surface area contributed by atoms with Gasteiger partial charge in [-0.15, -0.1) is 0 Å². The minimum absolute atomic E-state index is 0.0143. The molecule has 1 fully saturated rings. The van der Waals surface area contributed by atoms with E-state index in [1.807, 2.05) is 51.1 Å². The van der Waals surface area contributed by atoms with Gasteiger partial charge in [0.1, 0.15) is 5.60 Å². The van der Waals surface area contributed by atoms with Gasteiger partial charge >= 0.3 is 6.09 Å². The third kappa shape index (κ3) is 3.97. The van der Waals surface area contributed by atoms with Crippen molar-refractivity contribution in [3.05, 3.63) is 35.9 Å². The second kappa shape index (κ2) is 5.83. The smallest absolute Gasteiger partial charge is 0.408 e. The summed E-state index contributed by atoms with van der Waals surface area (Å²) < 4.78 is 5.36. The van der Waals surface area contributed by atoms with Gasteiger partial charge < -0.3 is 15.8 Å². The van der Waals surface area contributed by atoms with Crippen LogP contribution in [0.5, 0.6) is 0 Å². The fourth-order valence-corrected chi connectivity index (χ4v) is 2.48. The molecule has 0 bridgehead atoms. The number of hydrogen-bond acceptors (Lipinski definition) is 3. The van der Waals surface area contributed by atoms with Crippen LogP contribution >= 0.6 is 0 Å². The van der Waals surface area contributed by atoms with Crippen molar-refractivity contribution in [1.29, 1.82) is 0 Å². The molecular formula is C16H24N2O2. The lowest BCUT2D eigenvalue weighted by Gasteiger charge is -2.24. The fourth-order valence-electron chi connectivity index (χ4n) is 2.48. The van der Waals surface area contributed by atoms with E-state index >= 15 is 0 Å². The second-order valence-corrected chi connectivity index (χ2v) is 6.43. The van der Waals surface area contributed by atoms with E-state index in [9.17, 15) is 4.79 Å². The van der Waals surface area contributed by atoms with Crippen LogP contribution in [0, 0.1) is 11.8 Å². The molecular weight excluding hydrogens is 252 g/mol. The lowest BCUT2D eigenvalue weighted by molar-refractivity contribution is 0.0495. The zero-order valence-electron chi connectivity index (χ0n) is 12.4. The maximum atomic E-state index is 12.0. The first-order valence-corrected chi connectivity index (χ1v) is 7.15. The Hall–Kier alpha value is -1.55. The second-order valence-electron chi connectivity index (χ2n) is 6.43. The minimum Gasteiger partial charge on any atom is -0.444 e. The normalized spacial score (nSPS) is 23.0. The molecule has 1 aliphatic rings. The van der Waals surface area contributed by atoms with E-state index < -0.39 is 5.60 Å². The highest BCUT2D eigenvalue weighted by atomic mass is 16.6. The molecule has 1 aliphatic carbocycles. The summed E-state index contributed by atoms with van der Waals surface area (Å²) in [6, 6.07) is 10.0. The molecule has 0 aliphatic heterocycles. The average molecular weight is 276 g/mol. The van der Waals surface area contributed by atoms with Gasteiger partial charge in [-0.05, 0) is 51.1 Å². The predicted octanol–water partition coefficient (Wildman–Crippen LogP) is 2.85. The Labute approximate surface area is 120 Å². The van der Waals surface area contributed by atoms with E-state index in [1.165, 1.54) is 0 Å². The topological polar surface area (TPSA) is 64.3 Å². The third-order valence-corrected chi connectivity index (χ3v) is 3.54. The molecule has 4 nitrogen and oxygen atoms in total. The van der Waals surface area contributed by atoms with Gasteiger partial charge in [-0.2, -0.15) is 0 Å². The van der Waals surface area contributed by atoms with E-state index in [0.29, 0.717) is 18.4 Å². The van der Waals surface area contributed by atoms with E-state index in [0.717, 1.165) is 12.0 Å². The van der Waals surface area contributed by atoms with Gasteiger partial charge in [0, 0.05) is 0 Å². The highest BCUT2D eigenvalue weighted by molar-refractivity contribution is 5.68. The Kier molecular flexibility index (Phi) is 4.33. The summed E-state index contributed by atoms with van der Waals surface area (Å²) in [6.45, 7) is 6.27. The summed E-state index contributed by atoms with van der Waals surface area (Å²) in [6.07, 6.45) is 0.695. The summed E-state index contributed by atoms with van der Waals surface area (Å²) in [5.74, 6) is 0.907. The Morgan fingerprint density at radius 3 is 2.55 bits per heavy atom. The number of nitrogens with one attached hydrogen (secondary N) is 1. The molecule has 1 amide bonds. The Morgan fingerprint density at radius 1 is 1.40 bits per heavy atom. The molecule has 1 aromatic rings. The summed E-state index contributed by atoms with van der Waals surface area (Å²) >= 11 is 0. The Bertz CT molecular complexity index is 453. The van der Waals surface area contributed by atoms with Crippen LogP contribution in [0.1, 0.15) is 38.8 Å². The maximum absolute atomic E-state index is 12.0. The molecule has 0 radical (unpaired) electrons. The first-order valence-electron chi connectivity index (χ1n) is 7.15. The van der Waals surface area contributed by atoms with E-state index in [2.05, 4.69) is 5.32 Å². The highest BCUT2D eigenvalue weighted by Gasteiger charge is 2.43. The Balaban J connectivity index is 2.07. The quantitative estimate of drug-likeness (QED) is 0.888. The van der Waals surface area contributed by atoms with Crippen molar-refractivity contribution in [2.75, 3.05) is 6.54 Å². The fraction of sp³-hybridized carbons (Fsp3) is 0.562. The number of carbonyl (C=O) groups excluding carboxylic acids is 1. The van der Waals surface area contributed by atoms with Gasteiger partial charge in [0.15, 0.2) is 0 Å². The first kappa shape index (κ1) is 14.9. The van der Waals surface area contributed by atoms with Crippen LogP contribution in [0.4, 0.5) is 4.79 Å². The number of rotatable bonds is 4. The SMILES string of the molecule is CC(C)(C)OC(=O)NC(c1ccccc1)C1CC1CN. The molecule has 0 heterocycles. The van der Waals surface area contributed by atoms with Gasteiger partial charge in [-0.25, -0.2) is 4.79 Å². The lowest BCUT2D eigenvalue weighted by Crippen LogP contribution is -2.36. The van der Waals surface area contributed by atoms with Crippen LogP contribution in [-0.2, 0) is 4.74 Å². The highest BCUT2D eigenvalue weighted by Crippen LogP contribution is 2.46. The number of ether oxygens (including phenoxy) is 1. The number of benzene rings is 1. The van der Waals surface area contributed by atoms with E-state index in [-0.39, 0.29) is 12.1 Å². The summed E-state index contributed by atoms with van der Waals surface area (Å²) in [7, 11) is 0. The lowest BCUT2D eigenvalue weighted by atomic mass is 10.0. The average Bonchev–Trinajstić information content (AvgIpc) is 3.14. The van der Waals surface area contributed by atoms with Crippen LogP contribution in [0.3, 0.4) is 0 Å². The number of alkyl carbamates (subject to hydrolysis) is 1. The Morgan fingerprint density at radius 2 is 2.05 bits per heavy atom. The molecule has 0 spiro atoms. The van der Waals surface area contributed by atoms with Crippen molar-refractivity contribution < 1.29 is 9.53 Å². The molecule has 110 valence electrons. The predicted molar refractivity (Wildman–Crippen MR) is 79.2 cm³/mol. The molecule has 0 saturated heterocycles. The van der Waals surface area contributed by atoms with Crippen molar-refractivity contribution in [2.24, 2.45) is 17.6 Å². The third-order valence-electron chi connectivity index (χ3n) is 3.54. The van der Waals surface area contributed by atoms with Crippen LogP contribution < -0.4 is 11.1 Å². The van der Waals surface area contributed by atoms with Gasteiger partial charge in [-0.3, -0.25) is 0 Å². The molecule has 1 aromatic carbocycles. The zero-order valence-corrected chi connectivity index (χ0v) is 12.4. The van der Waals surface area contributed by atoms with Crippen molar-refractivity contribution in [3.8, 4) is 0 Å². The van der Waals surface area contributed by atoms with Gasteiger partial charge in [0.2, 0.25) is 0 Å². The summed E-state index contributed by atoms with van der Waals surface area (Å²) in [4.78, 5) is 12.0. The molecule has 1 saturated carbocycles. The molecule has 4 heteroatoms. The molecule has 2 rings (SSSR count). The maximum Gasteiger partial charge on any atom is 0.408 e. The largest absolute Gasteiger partial charge is 0.444 e. The van der Waals surface area contributed by atoms with Gasteiger partial charge in [-0.1, -0.05) is 30.3 Å². The van der Waals surface area contributed by atoms with Gasteiger partial charge in [0.05, 0.1) is 6.04 Å². The van der Waals surface area contributed by atoms with E-state index in [4.69, 9.17) is 10.5 Å². The van der Waals surface area contributed by atoms with Crippen LogP contribution in [0.25, 0.3) is 0 Å².